The Morgan fingerprint density at radius 1 is 1.06 bits per heavy atom. The predicted octanol–water partition coefficient (Wildman–Crippen LogP) is 4.77. The molecule has 3 aromatic carbocycles. The molecule has 1 aliphatic heterocycles. The van der Waals surface area contributed by atoms with E-state index in [0.717, 1.165) is 22.9 Å². The largest absolute Gasteiger partial charge is 0.497 e. The molecule has 0 radical (unpaired) electrons. The lowest BCUT2D eigenvalue weighted by Gasteiger charge is -2.22. The molecule has 1 amide bonds. The molecule has 34 heavy (non-hydrogen) atoms. The van der Waals surface area contributed by atoms with Gasteiger partial charge < -0.3 is 9.47 Å². The number of halogens is 1. The number of amides is 1. The van der Waals surface area contributed by atoms with Crippen LogP contribution in [-0.4, -0.2) is 36.3 Å². The van der Waals surface area contributed by atoms with E-state index in [-0.39, 0.29) is 6.04 Å². The lowest BCUT2D eigenvalue weighted by atomic mass is 9.98. The molecular formula is C27H23FN2O4. The fourth-order valence-corrected chi connectivity index (χ4v) is 3.65. The molecule has 0 unspecified atom stereocenters. The molecule has 0 saturated heterocycles. The molecule has 0 saturated carbocycles. The van der Waals surface area contributed by atoms with Gasteiger partial charge in [0.15, 0.2) is 6.61 Å². The summed E-state index contributed by atoms with van der Waals surface area (Å²) in [5.41, 5.74) is 3.10. The van der Waals surface area contributed by atoms with Gasteiger partial charge in [-0.05, 0) is 47.0 Å². The Morgan fingerprint density at radius 2 is 1.82 bits per heavy atom. The van der Waals surface area contributed by atoms with Crippen LogP contribution in [-0.2, 0) is 14.3 Å². The fraction of sp³-hybridized carbons (Fsp3) is 0.148. The maximum absolute atomic E-state index is 13.3. The molecule has 0 spiro atoms. The van der Waals surface area contributed by atoms with Crippen LogP contribution in [0.15, 0.2) is 90.0 Å². The van der Waals surface area contributed by atoms with Gasteiger partial charge >= 0.3 is 5.97 Å². The van der Waals surface area contributed by atoms with Crippen molar-refractivity contribution >= 4 is 23.7 Å². The first-order chi connectivity index (χ1) is 16.5. The van der Waals surface area contributed by atoms with Crippen molar-refractivity contribution in [3.63, 3.8) is 0 Å². The molecular weight excluding hydrogens is 435 g/mol. The number of ether oxygens (including phenoxy) is 2. The first-order valence-electron chi connectivity index (χ1n) is 10.7. The van der Waals surface area contributed by atoms with Crippen LogP contribution in [0.25, 0.3) is 6.08 Å². The first kappa shape index (κ1) is 22.9. The Labute approximate surface area is 196 Å². The maximum atomic E-state index is 13.3. The number of hydrazone groups is 1. The monoisotopic (exact) mass is 458 g/mol. The second kappa shape index (κ2) is 10.6. The zero-order chi connectivity index (χ0) is 23.9. The van der Waals surface area contributed by atoms with E-state index in [0.29, 0.717) is 17.7 Å². The molecule has 7 heteroatoms. The summed E-state index contributed by atoms with van der Waals surface area (Å²) >= 11 is 0. The van der Waals surface area contributed by atoms with Crippen LogP contribution in [0.3, 0.4) is 0 Å². The van der Waals surface area contributed by atoms with Crippen LogP contribution < -0.4 is 4.74 Å². The number of benzene rings is 3. The van der Waals surface area contributed by atoms with Crippen molar-refractivity contribution in [1.29, 1.82) is 0 Å². The van der Waals surface area contributed by atoms with E-state index in [4.69, 9.17) is 9.47 Å². The minimum atomic E-state index is -0.704. The van der Waals surface area contributed by atoms with Crippen molar-refractivity contribution in [1.82, 2.24) is 5.01 Å². The third kappa shape index (κ3) is 5.56. The Kier molecular flexibility index (Phi) is 7.13. The fourth-order valence-electron chi connectivity index (χ4n) is 3.65. The molecule has 172 valence electrons. The maximum Gasteiger partial charge on any atom is 0.331 e. The van der Waals surface area contributed by atoms with Crippen molar-refractivity contribution in [3.05, 3.63) is 107 Å². The number of rotatable bonds is 7. The zero-order valence-corrected chi connectivity index (χ0v) is 18.6. The minimum absolute atomic E-state index is 0.338. The number of carbonyl (C=O) groups is 2. The molecule has 0 N–H and O–H groups in total. The Balaban J connectivity index is 1.47. The van der Waals surface area contributed by atoms with E-state index >= 15 is 0 Å². The highest BCUT2D eigenvalue weighted by atomic mass is 19.1. The molecule has 0 fully saturated rings. The van der Waals surface area contributed by atoms with Gasteiger partial charge in [0.1, 0.15) is 11.6 Å². The lowest BCUT2D eigenvalue weighted by molar-refractivity contribution is -0.149. The van der Waals surface area contributed by atoms with Gasteiger partial charge in [-0.3, -0.25) is 4.79 Å². The molecule has 0 aromatic heterocycles. The summed E-state index contributed by atoms with van der Waals surface area (Å²) in [6.45, 7) is -0.468. The highest BCUT2D eigenvalue weighted by Crippen LogP contribution is 2.33. The molecule has 6 nitrogen and oxygen atoms in total. The van der Waals surface area contributed by atoms with Gasteiger partial charge in [0.05, 0.1) is 18.9 Å². The van der Waals surface area contributed by atoms with E-state index in [1.807, 2.05) is 54.6 Å². The normalized spacial score (nSPS) is 15.3. The van der Waals surface area contributed by atoms with Crippen molar-refractivity contribution in [2.75, 3.05) is 13.7 Å². The molecule has 3 aromatic rings. The van der Waals surface area contributed by atoms with Crippen LogP contribution in [0.2, 0.25) is 0 Å². The van der Waals surface area contributed by atoms with Gasteiger partial charge in [-0.1, -0.05) is 54.6 Å². The van der Waals surface area contributed by atoms with Crippen molar-refractivity contribution < 1.29 is 23.5 Å². The second-order valence-corrected chi connectivity index (χ2v) is 7.64. The number of hydrogen-bond acceptors (Lipinski definition) is 5. The van der Waals surface area contributed by atoms with Crippen LogP contribution >= 0.6 is 0 Å². The number of carbonyl (C=O) groups excluding carboxylic acids is 2. The summed E-state index contributed by atoms with van der Waals surface area (Å²) in [7, 11) is 1.59. The van der Waals surface area contributed by atoms with Gasteiger partial charge in [-0.2, -0.15) is 5.10 Å². The van der Waals surface area contributed by atoms with E-state index < -0.39 is 24.3 Å². The first-order valence-corrected chi connectivity index (χ1v) is 10.7. The summed E-state index contributed by atoms with van der Waals surface area (Å²) in [5.74, 6) is -0.844. The van der Waals surface area contributed by atoms with Crippen LogP contribution in [0.4, 0.5) is 4.39 Å². The van der Waals surface area contributed by atoms with Gasteiger partial charge in [-0.25, -0.2) is 14.2 Å². The van der Waals surface area contributed by atoms with E-state index in [9.17, 15) is 14.0 Å². The highest BCUT2D eigenvalue weighted by Gasteiger charge is 2.33. The van der Waals surface area contributed by atoms with Crippen molar-refractivity contribution in [2.24, 2.45) is 5.10 Å². The Hall–Kier alpha value is -4.26. The Bertz CT molecular complexity index is 1220. The van der Waals surface area contributed by atoms with Gasteiger partial charge in [0, 0.05) is 12.5 Å². The van der Waals surface area contributed by atoms with E-state index in [2.05, 4.69) is 5.10 Å². The molecule has 1 atom stereocenters. The average Bonchev–Trinajstić information content (AvgIpc) is 3.32. The summed E-state index contributed by atoms with van der Waals surface area (Å²) in [6, 6.07) is 22.5. The summed E-state index contributed by atoms with van der Waals surface area (Å²) in [5, 5.41) is 5.93. The summed E-state index contributed by atoms with van der Waals surface area (Å²) in [4.78, 5) is 25.1. The molecule has 1 aliphatic rings. The minimum Gasteiger partial charge on any atom is -0.497 e. The van der Waals surface area contributed by atoms with Crippen molar-refractivity contribution in [3.8, 4) is 5.75 Å². The SMILES string of the molecule is COc1ccc([C@H]2CC(c3ccccc3)=NN2C(=O)COC(=O)/C=C/c2cccc(F)c2)cc1. The standard InChI is InChI=1S/C27H23FN2O4/c1-33-23-13-11-21(12-14-23)25-17-24(20-7-3-2-4-8-20)29-30(25)26(31)18-34-27(32)15-10-19-6-5-9-22(28)16-19/h2-16,25H,17-18H2,1H3/b15-10+/t25-/m1/s1. The highest BCUT2D eigenvalue weighted by molar-refractivity contribution is 6.03. The van der Waals surface area contributed by atoms with Crippen LogP contribution in [0.1, 0.15) is 29.2 Å². The number of hydrogen-bond donors (Lipinski definition) is 0. The smallest absolute Gasteiger partial charge is 0.331 e. The number of esters is 1. The molecule has 0 bridgehead atoms. The summed E-state index contributed by atoms with van der Waals surface area (Å²) < 4.78 is 23.6. The van der Waals surface area contributed by atoms with Gasteiger partial charge in [0.25, 0.3) is 5.91 Å². The molecule has 4 rings (SSSR count). The third-order valence-corrected chi connectivity index (χ3v) is 5.37. The zero-order valence-electron chi connectivity index (χ0n) is 18.6. The summed E-state index contributed by atoms with van der Waals surface area (Å²) in [6.07, 6.45) is 3.11. The molecule has 1 heterocycles. The number of methoxy groups -OCH3 is 1. The van der Waals surface area contributed by atoms with Crippen LogP contribution in [0, 0.1) is 5.82 Å². The second-order valence-electron chi connectivity index (χ2n) is 7.64. The van der Waals surface area contributed by atoms with Crippen molar-refractivity contribution in [2.45, 2.75) is 12.5 Å². The lowest BCUT2D eigenvalue weighted by Crippen LogP contribution is -2.31. The predicted molar refractivity (Wildman–Crippen MR) is 127 cm³/mol. The topological polar surface area (TPSA) is 68.2 Å². The quantitative estimate of drug-likeness (QED) is 0.378. The Morgan fingerprint density at radius 3 is 2.53 bits per heavy atom. The van der Waals surface area contributed by atoms with Gasteiger partial charge in [0.2, 0.25) is 0 Å². The van der Waals surface area contributed by atoms with E-state index in [1.165, 1.54) is 23.2 Å². The number of nitrogens with zero attached hydrogens (tertiary/aromatic N) is 2. The van der Waals surface area contributed by atoms with E-state index in [1.54, 1.807) is 19.2 Å². The third-order valence-electron chi connectivity index (χ3n) is 5.37. The average molecular weight is 458 g/mol. The van der Waals surface area contributed by atoms with Gasteiger partial charge in [-0.15, -0.1) is 0 Å². The molecule has 0 aliphatic carbocycles. The van der Waals surface area contributed by atoms with Crippen LogP contribution in [0.5, 0.6) is 5.75 Å².